The van der Waals surface area contributed by atoms with Gasteiger partial charge in [0.2, 0.25) is 0 Å². The molecule has 2 unspecified atom stereocenters. The highest BCUT2D eigenvalue weighted by Gasteiger charge is 2.31. The van der Waals surface area contributed by atoms with Crippen molar-refractivity contribution in [2.75, 3.05) is 18.0 Å². The van der Waals surface area contributed by atoms with Crippen LogP contribution in [-0.2, 0) is 0 Å². The highest BCUT2D eigenvalue weighted by Crippen LogP contribution is 2.34. The molecule has 1 aromatic carbocycles. The molecule has 0 radical (unpaired) electrons. The van der Waals surface area contributed by atoms with E-state index in [0.717, 1.165) is 6.42 Å². The van der Waals surface area contributed by atoms with Crippen molar-refractivity contribution in [2.45, 2.75) is 38.4 Å². The Bertz CT molecular complexity index is 514. The van der Waals surface area contributed by atoms with E-state index in [2.05, 4.69) is 0 Å². The van der Waals surface area contributed by atoms with Gasteiger partial charge in [-0.2, -0.15) is 0 Å². The molecule has 1 aliphatic rings. The standard InChI is InChI=1S/C14H20N2O4/c1-10(17)11-4-5-12(13(8-11)16(19)20)15-7-3-6-14(2,18)9-15/h4-5,8,10,17-18H,3,6-7,9H2,1-2H3. The Morgan fingerprint density at radius 3 is 2.75 bits per heavy atom. The Hall–Kier alpha value is -1.66. The summed E-state index contributed by atoms with van der Waals surface area (Å²) in [5.41, 5.74) is 0.166. The highest BCUT2D eigenvalue weighted by molar-refractivity contribution is 5.65. The second-order valence-corrected chi connectivity index (χ2v) is 5.70. The number of hydrogen-bond donors (Lipinski definition) is 2. The number of anilines is 1. The Balaban J connectivity index is 2.38. The first-order valence-electron chi connectivity index (χ1n) is 6.74. The van der Waals surface area contributed by atoms with Gasteiger partial charge < -0.3 is 15.1 Å². The average molecular weight is 280 g/mol. The predicted octanol–water partition coefficient (Wildman–Crippen LogP) is 2.00. The van der Waals surface area contributed by atoms with Crippen molar-refractivity contribution in [3.63, 3.8) is 0 Å². The zero-order valence-corrected chi connectivity index (χ0v) is 11.7. The van der Waals surface area contributed by atoms with E-state index in [1.54, 1.807) is 26.0 Å². The summed E-state index contributed by atoms with van der Waals surface area (Å²) < 4.78 is 0. The monoisotopic (exact) mass is 280 g/mol. The first kappa shape index (κ1) is 14.7. The molecule has 110 valence electrons. The minimum Gasteiger partial charge on any atom is -0.389 e. The first-order valence-corrected chi connectivity index (χ1v) is 6.74. The van der Waals surface area contributed by atoms with Crippen molar-refractivity contribution < 1.29 is 15.1 Å². The Morgan fingerprint density at radius 2 is 2.20 bits per heavy atom. The maximum Gasteiger partial charge on any atom is 0.292 e. The zero-order valence-electron chi connectivity index (χ0n) is 11.7. The summed E-state index contributed by atoms with van der Waals surface area (Å²) in [6, 6.07) is 4.75. The number of aliphatic hydroxyl groups excluding tert-OH is 1. The lowest BCUT2D eigenvalue weighted by Gasteiger charge is -2.38. The van der Waals surface area contributed by atoms with E-state index in [9.17, 15) is 20.3 Å². The number of nitro benzene ring substituents is 1. The van der Waals surface area contributed by atoms with Crippen molar-refractivity contribution in [3.8, 4) is 0 Å². The van der Waals surface area contributed by atoms with Crippen LogP contribution in [0, 0.1) is 10.1 Å². The molecule has 0 amide bonds. The molecule has 0 aliphatic carbocycles. The summed E-state index contributed by atoms with van der Waals surface area (Å²) in [5.74, 6) is 0. The summed E-state index contributed by atoms with van der Waals surface area (Å²) in [6.45, 7) is 4.38. The number of rotatable bonds is 3. The molecule has 1 aromatic rings. The second-order valence-electron chi connectivity index (χ2n) is 5.70. The molecule has 2 rings (SSSR count). The average Bonchev–Trinajstić information content (AvgIpc) is 2.36. The number of nitro groups is 1. The van der Waals surface area contributed by atoms with E-state index in [0.29, 0.717) is 30.8 Å². The van der Waals surface area contributed by atoms with E-state index in [-0.39, 0.29) is 5.69 Å². The molecule has 0 aromatic heterocycles. The maximum atomic E-state index is 11.2. The quantitative estimate of drug-likeness (QED) is 0.653. The Kier molecular flexibility index (Phi) is 3.96. The molecule has 6 heteroatoms. The van der Waals surface area contributed by atoms with Crippen LogP contribution < -0.4 is 4.90 Å². The topological polar surface area (TPSA) is 86.8 Å². The predicted molar refractivity (Wildman–Crippen MR) is 75.8 cm³/mol. The van der Waals surface area contributed by atoms with E-state index < -0.39 is 16.6 Å². The molecule has 2 N–H and O–H groups in total. The van der Waals surface area contributed by atoms with Gasteiger partial charge in [0, 0.05) is 19.2 Å². The molecule has 1 aliphatic heterocycles. The third-order valence-electron chi connectivity index (χ3n) is 3.69. The smallest absolute Gasteiger partial charge is 0.292 e. The van der Waals surface area contributed by atoms with Gasteiger partial charge in [-0.15, -0.1) is 0 Å². The first-order chi connectivity index (χ1) is 9.30. The molecular weight excluding hydrogens is 260 g/mol. The lowest BCUT2D eigenvalue weighted by molar-refractivity contribution is -0.384. The fourth-order valence-electron chi connectivity index (χ4n) is 2.64. The van der Waals surface area contributed by atoms with Gasteiger partial charge in [0.1, 0.15) is 5.69 Å². The molecule has 1 saturated heterocycles. The molecule has 0 saturated carbocycles. The summed E-state index contributed by atoms with van der Waals surface area (Å²) in [4.78, 5) is 12.6. The van der Waals surface area contributed by atoms with E-state index in [1.807, 2.05) is 4.90 Å². The summed E-state index contributed by atoms with van der Waals surface area (Å²) in [7, 11) is 0. The zero-order chi connectivity index (χ0) is 14.9. The number of β-amino-alcohol motifs (C(OH)–C–C–N with tert-alkyl or cyclic N) is 1. The van der Waals surface area contributed by atoms with E-state index in [1.165, 1.54) is 6.07 Å². The van der Waals surface area contributed by atoms with Gasteiger partial charge in [0.25, 0.3) is 5.69 Å². The summed E-state index contributed by atoms with van der Waals surface area (Å²) >= 11 is 0. The van der Waals surface area contributed by atoms with Crippen LogP contribution >= 0.6 is 0 Å². The lowest BCUT2D eigenvalue weighted by atomic mass is 9.94. The van der Waals surface area contributed by atoms with Crippen molar-refractivity contribution in [1.82, 2.24) is 0 Å². The van der Waals surface area contributed by atoms with Gasteiger partial charge in [0.15, 0.2) is 0 Å². The summed E-state index contributed by atoms with van der Waals surface area (Å²) in [6.07, 6.45) is 0.748. The Morgan fingerprint density at radius 1 is 1.50 bits per heavy atom. The molecule has 1 fully saturated rings. The lowest BCUT2D eigenvalue weighted by Crippen LogP contribution is -2.46. The van der Waals surface area contributed by atoms with Crippen LogP contribution in [0.3, 0.4) is 0 Å². The minimum atomic E-state index is -0.824. The van der Waals surface area contributed by atoms with Gasteiger partial charge in [-0.3, -0.25) is 10.1 Å². The van der Waals surface area contributed by atoms with Gasteiger partial charge in [-0.05, 0) is 38.3 Å². The van der Waals surface area contributed by atoms with Crippen molar-refractivity contribution >= 4 is 11.4 Å². The number of benzene rings is 1. The van der Waals surface area contributed by atoms with Gasteiger partial charge in [-0.1, -0.05) is 6.07 Å². The number of aliphatic hydroxyl groups is 2. The molecule has 1 heterocycles. The second kappa shape index (κ2) is 5.38. The minimum absolute atomic E-state index is 0.0268. The Labute approximate surface area is 117 Å². The third kappa shape index (κ3) is 3.08. The molecule has 20 heavy (non-hydrogen) atoms. The van der Waals surface area contributed by atoms with Crippen LogP contribution in [0.2, 0.25) is 0 Å². The normalized spacial score (nSPS) is 24.5. The van der Waals surface area contributed by atoms with Crippen LogP contribution in [-0.4, -0.2) is 33.8 Å². The van der Waals surface area contributed by atoms with Crippen LogP contribution in [0.1, 0.15) is 38.4 Å². The van der Waals surface area contributed by atoms with Crippen LogP contribution in [0.25, 0.3) is 0 Å². The molecule has 6 nitrogen and oxygen atoms in total. The highest BCUT2D eigenvalue weighted by atomic mass is 16.6. The van der Waals surface area contributed by atoms with Crippen LogP contribution in [0.4, 0.5) is 11.4 Å². The van der Waals surface area contributed by atoms with Gasteiger partial charge in [0.05, 0.1) is 16.6 Å². The molecule has 0 spiro atoms. The van der Waals surface area contributed by atoms with Gasteiger partial charge in [-0.25, -0.2) is 0 Å². The fourth-order valence-corrected chi connectivity index (χ4v) is 2.64. The SMILES string of the molecule is CC(O)c1ccc(N2CCCC(C)(O)C2)c([N+](=O)[O-])c1. The van der Waals surface area contributed by atoms with E-state index >= 15 is 0 Å². The summed E-state index contributed by atoms with van der Waals surface area (Å²) in [5, 5.41) is 30.9. The van der Waals surface area contributed by atoms with E-state index in [4.69, 9.17) is 0 Å². The van der Waals surface area contributed by atoms with Crippen molar-refractivity contribution in [1.29, 1.82) is 0 Å². The van der Waals surface area contributed by atoms with Crippen LogP contribution in [0.5, 0.6) is 0 Å². The van der Waals surface area contributed by atoms with Crippen molar-refractivity contribution in [3.05, 3.63) is 33.9 Å². The molecule has 0 bridgehead atoms. The largest absolute Gasteiger partial charge is 0.389 e. The third-order valence-corrected chi connectivity index (χ3v) is 3.69. The van der Waals surface area contributed by atoms with Crippen molar-refractivity contribution in [2.24, 2.45) is 0 Å². The van der Waals surface area contributed by atoms with Crippen LogP contribution in [0.15, 0.2) is 18.2 Å². The maximum absolute atomic E-state index is 11.2. The fraction of sp³-hybridized carbons (Fsp3) is 0.571. The molecule has 2 atom stereocenters. The number of hydrogen-bond acceptors (Lipinski definition) is 5. The number of piperidine rings is 1. The number of nitrogens with zero attached hydrogens (tertiary/aromatic N) is 2. The van der Waals surface area contributed by atoms with Gasteiger partial charge >= 0.3 is 0 Å². The molecular formula is C14H20N2O4.